The van der Waals surface area contributed by atoms with Crippen LogP contribution in [-0.4, -0.2) is 29.0 Å². The summed E-state index contributed by atoms with van der Waals surface area (Å²) in [6.07, 6.45) is 6.26. The third kappa shape index (κ3) is 7.19. The summed E-state index contributed by atoms with van der Waals surface area (Å²) in [5.41, 5.74) is 2.67. The normalized spacial score (nSPS) is 23.2. The molecule has 2 aliphatic rings. The lowest BCUT2D eigenvalue weighted by atomic mass is 9.77. The first-order valence-electron chi connectivity index (χ1n) is 7.85. The predicted octanol–water partition coefficient (Wildman–Crippen LogP) is 6.56. The van der Waals surface area contributed by atoms with Gasteiger partial charge in [0.15, 0.2) is 0 Å². The second kappa shape index (κ2) is 10.2. The molecule has 1 aromatic rings. The van der Waals surface area contributed by atoms with Gasteiger partial charge in [-0.3, -0.25) is 9.46 Å². The Balaban J connectivity index is 0.000000425. The SMILES string of the molecule is CCCN1CCC[C@H]2Cc3nc(Cl)ccc3C[C@@H]21.Cl.O=P(Cl)(Cl)Cl. The van der Waals surface area contributed by atoms with Crippen LogP contribution in [0.1, 0.15) is 37.4 Å². The molecule has 0 aromatic carbocycles. The maximum absolute atomic E-state index is 9.51. The van der Waals surface area contributed by atoms with Crippen LogP contribution in [-0.2, 0) is 17.4 Å². The smallest absolute Gasteiger partial charge is 0.300 e. The maximum atomic E-state index is 9.51. The molecular formula is C15H22Cl5N2OP. The van der Waals surface area contributed by atoms with Crippen molar-refractivity contribution in [2.45, 2.75) is 45.1 Å². The molecule has 1 aliphatic carbocycles. The fourth-order valence-corrected chi connectivity index (χ4v) is 3.82. The molecule has 1 aromatic heterocycles. The van der Waals surface area contributed by atoms with Crippen molar-refractivity contribution < 1.29 is 4.57 Å². The van der Waals surface area contributed by atoms with Crippen molar-refractivity contribution in [2.24, 2.45) is 5.92 Å². The molecule has 1 fully saturated rings. The molecule has 0 spiro atoms. The van der Waals surface area contributed by atoms with Gasteiger partial charge in [-0.05, 0) is 96.5 Å². The van der Waals surface area contributed by atoms with Crippen LogP contribution < -0.4 is 0 Å². The van der Waals surface area contributed by atoms with Crippen LogP contribution in [0.25, 0.3) is 0 Å². The minimum Gasteiger partial charge on any atom is -0.300 e. The van der Waals surface area contributed by atoms with E-state index in [-0.39, 0.29) is 12.4 Å². The van der Waals surface area contributed by atoms with Gasteiger partial charge in [0.25, 0.3) is 0 Å². The van der Waals surface area contributed by atoms with Crippen LogP contribution in [0, 0.1) is 5.92 Å². The van der Waals surface area contributed by atoms with E-state index in [0.29, 0.717) is 5.15 Å². The molecule has 0 N–H and O–H groups in total. The summed E-state index contributed by atoms with van der Waals surface area (Å²) in [4.78, 5) is 7.22. The number of rotatable bonds is 2. The Labute approximate surface area is 169 Å². The van der Waals surface area contributed by atoms with Crippen molar-refractivity contribution in [1.29, 1.82) is 0 Å². The van der Waals surface area contributed by atoms with Gasteiger partial charge in [0.05, 0.1) is 0 Å². The molecule has 138 valence electrons. The molecule has 0 saturated carbocycles. The molecule has 0 bridgehead atoms. The molecular weight excluding hydrogens is 432 g/mol. The van der Waals surface area contributed by atoms with Crippen molar-refractivity contribution in [3.63, 3.8) is 0 Å². The van der Waals surface area contributed by atoms with Gasteiger partial charge in [-0.1, -0.05) is 24.6 Å². The lowest BCUT2D eigenvalue weighted by Gasteiger charge is -2.44. The third-order valence-corrected chi connectivity index (χ3v) is 4.67. The Bertz CT molecular complexity index is 573. The molecule has 0 unspecified atom stereocenters. The summed E-state index contributed by atoms with van der Waals surface area (Å²) in [7, 11) is 0. The average molecular weight is 455 g/mol. The third-order valence-electron chi connectivity index (χ3n) is 4.46. The lowest BCUT2D eigenvalue weighted by Crippen LogP contribution is -2.49. The molecule has 1 saturated heterocycles. The van der Waals surface area contributed by atoms with Crippen LogP contribution in [0.5, 0.6) is 0 Å². The number of hydrogen-bond donors (Lipinski definition) is 0. The number of halogens is 5. The zero-order valence-corrected chi connectivity index (χ0v) is 18.2. The van der Waals surface area contributed by atoms with E-state index >= 15 is 0 Å². The van der Waals surface area contributed by atoms with Crippen LogP contribution in [0.4, 0.5) is 0 Å². The monoisotopic (exact) mass is 452 g/mol. The van der Waals surface area contributed by atoms with Gasteiger partial charge in [-0.25, -0.2) is 4.98 Å². The Morgan fingerprint density at radius 2 is 1.96 bits per heavy atom. The lowest BCUT2D eigenvalue weighted by molar-refractivity contribution is 0.0846. The summed E-state index contributed by atoms with van der Waals surface area (Å²) >= 11 is 19.9. The molecule has 3 nitrogen and oxygen atoms in total. The van der Waals surface area contributed by atoms with E-state index in [1.54, 1.807) is 0 Å². The van der Waals surface area contributed by atoms with Gasteiger partial charge in [0.1, 0.15) is 5.15 Å². The Morgan fingerprint density at radius 1 is 1.29 bits per heavy atom. The number of aromatic nitrogens is 1. The van der Waals surface area contributed by atoms with Crippen molar-refractivity contribution >= 4 is 62.9 Å². The molecule has 3 rings (SSSR count). The minimum atomic E-state index is -3.22. The summed E-state index contributed by atoms with van der Waals surface area (Å²) in [6, 6.07) is 4.86. The van der Waals surface area contributed by atoms with Gasteiger partial charge < -0.3 is 0 Å². The molecule has 0 amide bonds. The summed E-state index contributed by atoms with van der Waals surface area (Å²) < 4.78 is 9.51. The summed E-state index contributed by atoms with van der Waals surface area (Å²) in [6.45, 7) is 4.81. The second-order valence-electron chi connectivity index (χ2n) is 6.05. The first-order chi connectivity index (χ1) is 10.8. The van der Waals surface area contributed by atoms with Crippen LogP contribution in [0.3, 0.4) is 0 Å². The quantitative estimate of drug-likeness (QED) is 0.375. The molecule has 24 heavy (non-hydrogen) atoms. The highest BCUT2D eigenvalue weighted by Gasteiger charge is 2.35. The van der Waals surface area contributed by atoms with Gasteiger partial charge in [0, 0.05) is 11.7 Å². The van der Waals surface area contributed by atoms with E-state index in [0.717, 1.165) is 18.4 Å². The fraction of sp³-hybridized carbons (Fsp3) is 0.667. The summed E-state index contributed by atoms with van der Waals surface area (Å²) in [5, 5.41) is -2.58. The largest absolute Gasteiger partial charge is 0.339 e. The van der Waals surface area contributed by atoms with Crippen molar-refractivity contribution in [1.82, 2.24) is 9.88 Å². The van der Waals surface area contributed by atoms with Gasteiger partial charge in [-0.2, -0.15) is 0 Å². The van der Waals surface area contributed by atoms with Crippen LogP contribution >= 0.6 is 62.9 Å². The number of piperidine rings is 1. The number of fused-ring (bicyclic) bond motifs is 2. The Kier molecular flexibility index (Phi) is 9.71. The number of nitrogens with zero attached hydrogens (tertiary/aromatic N) is 2. The highest BCUT2D eigenvalue weighted by atomic mass is 36.0. The molecule has 2 heterocycles. The average Bonchev–Trinajstić information content (AvgIpc) is 2.44. The topological polar surface area (TPSA) is 33.2 Å². The minimum absolute atomic E-state index is 0. The van der Waals surface area contributed by atoms with E-state index < -0.39 is 5.20 Å². The van der Waals surface area contributed by atoms with E-state index in [1.807, 2.05) is 6.07 Å². The molecule has 9 heteroatoms. The van der Waals surface area contributed by atoms with Crippen LogP contribution in [0.2, 0.25) is 5.15 Å². The van der Waals surface area contributed by atoms with Crippen LogP contribution in [0.15, 0.2) is 12.1 Å². The first-order valence-corrected chi connectivity index (χ1v) is 12.6. The summed E-state index contributed by atoms with van der Waals surface area (Å²) in [5.74, 6) is 0.795. The number of pyridine rings is 1. The predicted molar refractivity (Wildman–Crippen MR) is 107 cm³/mol. The zero-order chi connectivity index (χ0) is 17.0. The van der Waals surface area contributed by atoms with Crippen molar-refractivity contribution in [3.05, 3.63) is 28.5 Å². The van der Waals surface area contributed by atoms with Gasteiger partial charge in [-0.15, -0.1) is 12.4 Å². The van der Waals surface area contributed by atoms with Gasteiger partial charge >= 0.3 is 5.20 Å². The van der Waals surface area contributed by atoms with Crippen molar-refractivity contribution in [3.8, 4) is 0 Å². The Morgan fingerprint density at radius 3 is 2.58 bits per heavy atom. The van der Waals surface area contributed by atoms with E-state index in [1.165, 1.54) is 50.0 Å². The van der Waals surface area contributed by atoms with E-state index in [9.17, 15) is 4.57 Å². The first kappa shape index (κ1) is 22.8. The maximum Gasteiger partial charge on any atom is 0.339 e. The Hall–Kier alpha value is 0.790. The fourth-order valence-electron chi connectivity index (χ4n) is 3.65. The second-order valence-corrected chi connectivity index (χ2v) is 13.1. The van der Waals surface area contributed by atoms with E-state index in [4.69, 9.17) is 11.6 Å². The standard InChI is InChI=1S/C15H21ClN2.Cl3OP.ClH/c1-2-7-18-8-3-4-12-9-13-11(10-14(12)18)5-6-15(16)17-13;1-5(2,3)4;/h5-6,12,14H,2-4,7-10H2,1H3;;1H/t12-,14-;;/m0../s1. The molecule has 1 aliphatic heterocycles. The highest BCUT2D eigenvalue weighted by Crippen LogP contribution is 2.61. The molecule has 0 radical (unpaired) electrons. The molecule has 2 atom stereocenters. The number of likely N-dealkylation sites (tertiary alicyclic amines) is 1. The van der Waals surface area contributed by atoms with Gasteiger partial charge in [0.2, 0.25) is 0 Å². The van der Waals surface area contributed by atoms with E-state index in [2.05, 4.69) is 56.6 Å². The highest BCUT2D eigenvalue weighted by molar-refractivity contribution is 8.24. The zero-order valence-electron chi connectivity index (χ0n) is 13.4. The number of hydrogen-bond acceptors (Lipinski definition) is 3. The van der Waals surface area contributed by atoms with Crippen molar-refractivity contribution in [2.75, 3.05) is 13.1 Å².